The minimum Gasteiger partial charge on any atom is -0.489 e. The van der Waals surface area contributed by atoms with Crippen LogP contribution >= 0.6 is 23.2 Å². The number of nitrogens with zero attached hydrogens (tertiary/aromatic N) is 1. The number of halogens is 2. The molecule has 0 amide bonds. The van der Waals surface area contributed by atoms with Crippen LogP contribution in [0.2, 0.25) is 10.0 Å². The minimum atomic E-state index is 0.503. The zero-order chi connectivity index (χ0) is 18.9. The molecule has 0 atom stereocenters. The Kier molecular flexibility index (Phi) is 8.24. The van der Waals surface area contributed by atoms with Gasteiger partial charge in [-0.15, -0.1) is 0 Å². The van der Waals surface area contributed by atoms with Crippen molar-refractivity contribution in [3.63, 3.8) is 0 Å². The molecule has 1 heterocycles. The Hall–Kier alpha value is -1.30. The molecule has 0 radical (unpaired) electrons. The fraction of sp³-hybridized carbons (Fsp3) is 0.429. The molecule has 2 aromatic carbocycles. The van der Waals surface area contributed by atoms with Crippen LogP contribution in [0.15, 0.2) is 42.5 Å². The molecule has 1 saturated heterocycles. The summed E-state index contributed by atoms with van der Waals surface area (Å²) in [4.78, 5) is 2.45. The molecule has 0 aliphatic carbocycles. The first-order valence-corrected chi connectivity index (χ1v) is 10.1. The lowest BCUT2D eigenvalue weighted by atomic mass is 10.2. The van der Waals surface area contributed by atoms with E-state index >= 15 is 0 Å². The summed E-state index contributed by atoms with van der Waals surface area (Å²) >= 11 is 12.1. The van der Waals surface area contributed by atoms with E-state index in [0.717, 1.165) is 79.3 Å². The molecular weight excluding hydrogens is 383 g/mol. The molecule has 146 valence electrons. The van der Waals surface area contributed by atoms with Crippen LogP contribution in [0.25, 0.3) is 0 Å². The molecule has 27 heavy (non-hydrogen) atoms. The monoisotopic (exact) mass is 408 g/mol. The number of nitrogens with one attached hydrogen (secondary N) is 1. The molecule has 0 unspecified atom stereocenters. The number of hydrogen-bond donors (Lipinski definition) is 1. The van der Waals surface area contributed by atoms with Crippen molar-refractivity contribution in [3.05, 3.63) is 63.6 Å². The zero-order valence-electron chi connectivity index (χ0n) is 15.4. The van der Waals surface area contributed by atoms with Gasteiger partial charge in [-0.2, -0.15) is 0 Å². The van der Waals surface area contributed by atoms with E-state index in [1.807, 2.05) is 42.5 Å². The van der Waals surface area contributed by atoms with Crippen LogP contribution in [0.4, 0.5) is 0 Å². The van der Waals surface area contributed by atoms with E-state index in [9.17, 15) is 0 Å². The van der Waals surface area contributed by atoms with Crippen molar-refractivity contribution in [2.45, 2.75) is 19.6 Å². The van der Waals surface area contributed by atoms with Crippen LogP contribution in [0, 0.1) is 0 Å². The van der Waals surface area contributed by atoms with Gasteiger partial charge in [-0.25, -0.2) is 0 Å². The molecule has 1 N–H and O–H groups in total. The molecule has 2 aromatic rings. The van der Waals surface area contributed by atoms with Gasteiger partial charge in [-0.05, 0) is 55.4 Å². The molecule has 0 bridgehead atoms. The van der Waals surface area contributed by atoms with Gasteiger partial charge >= 0.3 is 0 Å². The summed E-state index contributed by atoms with van der Waals surface area (Å²) in [5, 5.41) is 4.95. The second kappa shape index (κ2) is 10.9. The Morgan fingerprint density at radius 1 is 1.00 bits per heavy atom. The average Bonchev–Trinajstić information content (AvgIpc) is 2.69. The molecule has 1 fully saturated rings. The van der Waals surface area contributed by atoms with Crippen LogP contribution in [-0.2, 0) is 17.9 Å². The van der Waals surface area contributed by atoms with E-state index < -0.39 is 0 Å². The number of morpholine rings is 1. The van der Waals surface area contributed by atoms with E-state index in [1.165, 1.54) is 0 Å². The molecule has 3 rings (SSSR count). The largest absolute Gasteiger partial charge is 0.489 e. The highest BCUT2D eigenvalue weighted by Crippen LogP contribution is 2.24. The lowest BCUT2D eigenvalue weighted by molar-refractivity contribution is 0.0374. The number of benzene rings is 2. The maximum atomic E-state index is 6.18. The van der Waals surface area contributed by atoms with Crippen LogP contribution in [0.3, 0.4) is 0 Å². The van der Waals surface area contributed by atoms with Gasteiger partial charge in [0.05, 0.1) is 13.2 Å². The lowest BCUT2D eigenvalue weighted by Crippen LogP contribution is -2.37. The van der Waals surface area contributed by atoms with Gasteiger partial charge in [-0.1, -0.05) is 35.3 Å². The SMILES string of the molecule is Clc1ccc(COc2ccc(Cl)cc2CNCCCN2CCOCC2)cc1. The molecule has 4 nitrogen and oxygen atoms in total. The maximum absolute atomic E-state index is 6.18. The van der Waals surface area contributed by atoms with Gasteiger partial charge in [-0.3, -0.25) is 4.90 Å². The summed E-state index contributed by atoms with van der Waals surface area (Å²) in [5.74, 6) is 0.857. The maximum Gasteiger partial charge on any atom is 0.124 e. The average molecular weight is 409 g/mol. The number of rotatable bonds is 9. The summed E-state index contributed by atoms with van der Waals surface area (Å²) in [7, 11) is 0. The Balaban J connectivity index is 1.45. The first-order chi connectivity index (χ1) is 13.2. The van der Waals surface area contributed by atoms with Crippen LogP contribution < -0.4 is 10.1 Å². The molecule has 0 aromatic heterocycles. The van der Waals surface area contributed by atoms with Gasteiger partial charge in [0.2, 0.25) is 0 Å². The van der Waals surface area contributed by atoms with Crippen molar-refractivity contribution in [3.8, 4) is 5.75 Å². The second-order valence-corrected chi connectivity index (χ2v) is 7.52. The van der Waals surface area contributed by atoms with Crippen molar-refractivity contribution in [1.29, 1.82) is 0 Å². The van der Waals surface area contributed by atoms with Gasteiger partial charge in [0.25, 0.3) is 0 Å². The number of hydrogen-bond acceptors (Lipinski definition) is 4. The second-order valence-electron chi connectivity index (χ2n) is 6.65. The first kappa shape index (κ1) is 20.4. The Labute approximate surface area is 171 Å². The van der Waals surface area contributed by atoms with E-state index in [2.05, 4.69) is 10.2 Å². The summed E-state index contributed by atoms with van der Waals surface area (Å²) in [6, 6.07) is 13.5. The molecule has 1 aliphatic heterocycles. The summed E-state index contributed by atoms with van der Waals surface area (Å²) in [5.41, 5.74) is 2.15. The first-order valence-electron chi connectivity index (χ1n) is 9.37. The topological polar surface area (TPSA) is 33.7 Å². The van der Waals surface area contributed by atoms with E-state index in [1.54, 1.807) is 0 Å². The zero-order valence-corrected chi connectivity index (χ0v) is 16.9. The van der Waals surface area contributed by atoms with Crippen molar-refractivity contribution >= 4 is 23.2 Å². The van der Waals surface area contributed by atoms with Crippen molar-refractivity contribution in [2.24, 2.45) is 0 Å². The van der Waals surface area contributed by atoms with Crippen LogP contribution in [0.1, 0.15) is 17.5 Å². The third-order valence-corrected chi connectivity index (χ3v) is 5.06. The molecular formula is C21H26Cl2N2O2. The predicted octanol–water partition coefficient (Wildman–Crippen LogP) is 4.38. The Bertz CT molecular complexity index is 704. The highest BCUT2D eigenvalue weighted by atomic mass is 35.5. The standard InChI is InChI=1S/C21H26Cl2N2O2/c22-19-4-2-17(3-5-19)16-27-21-7-6-20(23)14-18(21)15-24-8-1-9-25-10-12-26-13-11-25/h2-7,14,24H,1,8-13,15-16H2. The lowest BCUT2D eigenvalue weighted by Gasteiger charge is -2.26. The van der Waals surface area contributed by atoms with Crippen molar-refractivity contribution in [1.82, 2.24) is 10.2 Å². The van der Waals surface area contributed by atoms with Crippen molar-refractivity contribution in [2.75, 3.05) is 39.4 Å². The molecule has 0 spiro atoms. The Morgan fingerprint density at radius 3 is 2.52 bits per heavy atom. The highest BCUT2D eigenvalue weighted by Gasteiger charge is 2.09. The molecule has 1 aliphatic rings. The normalized spacial score (nSPS) is 15.0. The van der Waals surface area contributed by atoms with Gasteiger partial charge in [0.15, 0.2) is 0 Å². The highest BCUT2D eigenvalue weighted by molar-refractivity contribution is 6.30. The van der Waals surface area contributed by atoms with Gasteiger partial charge in [0.1, 0.15) is 12.4 Å². The summed E-state index contributed by atoms with van der Waals surface area (Å²) in [6.45, 7) is 7.08. The van der Waals surface area contributed by atoms with E-state index in [4.69, 9.17) is 32.7 Å². The van der Waals surface area contributed by atoms with E-state index in [0.29, 0.717) is 6.61 Å². The fourth-order valence-corrected chi connectivity index (χ4v) is 3.36. The van der Waals surface area contributed by atoms with Crippen LogP contribution in [0.5, 0.6) is 5.75 Å². The molecule has 6 heteroatoms. The summed E-state index contributed by atoms with van der Waals surface area (Å²) < 4.78 is 11.4. The van der Waals surface area contributed by atoms with Crippen LogP contribution in [-0.4, -0.2) is 44.3 Å². The summed E-state index contributed by atoms with van der Waals surface area (Å²) in [6.07, 6.45) is 1.11. The quantitative estimate of drug-likeness (QED) is 0.623. The van der Waals surface area contributed by atoms with Gasteiger partial charge in [0, 0.05) is 35.2 Å². The van der Waals surface area contributed by atoms with Crippen molar-refractivity contribution < 1.29 is 9.47 Å². The predicted molar refractivity (Wildman–Crippen MR) is 111 cm³/mol. The van der Waals surface area contributed by atoms with Gasteiger partial charge < -0.3 is 14.8 Å². The minimum absolute atomic E-state index is 0.503. The number of ether oxygens (including phenoxy) is 2. The van der Waals surface area contributed by atoms with E-state index in [-0.39, 0.29) is 0 Å². The molecule has 0 saturated carbocycles. The third-order valence-electron chi connectivity index (χ3n) is 4.58. The third kappa shape index (κ3) is 6.98. The Morgan fingerprint density at radius 2 is 1.74 bits per heavy atom. The fourth-order valence-electron chi connectivity index (χ4n) is 3.04. The smallest absolute Gasteiger partial charge is 0.124 e.